The summed E-state index contributed by atoms with van der Waals surface area (Å²) in [6, 6.07) is -2.98. The first kappa shape index (κ1) is 20.3. The van der Waals surface area contributed by atoms with Gasteiger partial charge in [-0.1, -0.05) is 33.5 Å². The monoisotopic (exact) mass is 359 g/mol. The molecule has 1 unspecified atom stereocenters. The second kappa shape index (κ2) is 11.0. The highest BCUT2D eigenvalue weighted by molar-refractivity contribution is 8.76. The average Bonchev–Trinajstić information content (AvgIpc) is 2.40. The van der Waals surface area contributed by atoms with E-state index in [-0.39, 0.29) is 17.3 Å². The van der Waals surface area contributed by atoms with Crippen molar-refractivity contribution in [1.82, 2.24) is 4.72 Å². The van der Waals surface area contributed by atoms with E-state index in [1.165, 1.54) is 10.8 Å². The zero-order valence-corrected chi connectivity index (χ0v) is 13.2. The topological polar surface area (TPSA) is 176 Å². The van der Waals surface area contributed by atoms with Crippen LogP contribution < -0.4 is 16.2 Å². The Labute approximate surface area is 133 Å². The molecule has 0 aromatic carbocycles. The van der Waals surface area contributed by atoms with E-state index in [1.54, 1.807) is 0 Å². The van der Waals surface area contributed by atoms with Crippen LogP contribution >= 0.6 is 33.5 Å². The Bertz CT molecular complexity index is 373. The van der Waals surface area contributed by atoms with Crippen molar-refractivity contribution in [2.45, 2.75) is 18.1 Å². The summed E-state index contributed by atoms with van der Waals surface area (Å²) in [6.45, 7) is 0. The van der Waals surface area contributed by atoms with Gasteiger partial charge in [0.1, 0.15) is 18.1 Å². The van der Waals surface area contributed by atoms with Crippen LogP contribution in [0.4, 0.5) is 0 Å². The smallest absolute Gasteiger partial charge is 0.322 e. The third-order valence-electron chi connectivity index (χ3n) is 1.99. The largest absolute Gasteiger partial charge is 0.480 e. The van der Waals surface area contributed by atoms with Gasteiger partial charge in [-0.25, -0.2) is 4.72 Å². The summed E-state index contributed by atoms with van der Waals surface area (Å²) >= 11 is 0.917. The lowest BCUT2D eigenvalue weighted by molar-refractivity contribution is -0.139. The number of carboxylic acid groups (broad SMARTS) is 3. The van der Waals surface area contributed by atoms with Crippen LogP contribution in [0.1, 0.15) is 0 Å². The second-order valence-electron chi connectivity index (χ2n) is 3.78. The van der Waals surface area contributed by atoms with E-state index in [4.69, 9.17) is 26.8 Å². The molecule has 122 valence electrons. The van der Waals surface area contributed by atoms with E-state index in [0.29, 0.717) is 0 Å². The number of nitrogens with two attached hydrogens (primary N) is 2. The molecule has 0 fully saturated rings. The minimum absolute atomic E-state index is 0.0286. The molecule has 0 rings (SSSR count). The van der Waals surface area contributed by atoms with Crippen LogP contribution in [0.15, 0.2) is 0 Å². The lowest BCUT2D eigenvalue weighted by Crippen LogP contribution is -2.38. The fourth-order valence-corrected chi connectivity index (χ4v) is 3.95. The normalized spacial score (nSPS) is 15.1. The SMILES string of the molecule is NC(CSSC[C@@H](NSC[C@H](N)C(=O)O)C(=O)O)C(=O)O. The van der Waals surface area contributed by atoms with E-state index in [0.717, 1.165) is 22.7 Å². The van der Waals surface area contributed by atoms with Crippen molar-refractivity contribution in [3.05, 3.63) is 0 Å². The molecule has 0 radical (unpaired) electrons. The highest BCUT2D eigenvalue weighted by atomic mass is 33.1. The maximum absolute atomic E-state index is 11.0. The van der Waals surface area contributed by atoms with Crippen LogP contribution in [0.5, 0.6) is 0 Å². The van der Waals surface area contributed by atoms with Crippen LogP contribution in [0, 0.1) is 0 Å². The molecule has 0 aromatic rings. The molecule has 8 N–H and O–H groups in total. The summed E-state index contributed by atoms with van der Waals surface area (Å²) in [6.07, 6.45) is 0. The minimum Gasteiger partial charge on any atom is -0.480 e. The molecule has 21 heavy (non-hydrogen) atoms. The third kappa shape index (κ3) is 9.82. The van der Waals surface area contributed by atoms with Crippen LogP contribution in [-0.2, 0) is 14.4 Å². The second-order valence-corrected chi connectivity index (χ2v) is 7.19. The van der Waals surface area contributed by atoms with Gasteiger partial charge in [0.15, 0.2) is 0 Å². The molecule has 0 spiro atoms. The molecule has 0 saturated carbocycles. The highest BCUT2D eigenvalue weighted by Gasteiger charge is 2.20. The predicted octanol–water partition coefficient (Wildman–Crippen LogP) is -1.12. The fraction of sp³-hybridized carbons (Fsp3) is 0.667. The van der Waals surface area contributed by atoms with Crippen molar-refractivity contribution in [2.75, 3.05) is 17.3 Å². The molecule has 0 amide bonds. The van der Waals surface area contributed by atoms with Gasteiger partial charge in [0.25, 0.3) is 0 Å². The molecule has 0 aliphatic rings. The Morgan fingerprint density at radius 1 is 0.857 bits per heavy atom. The average molecular weight is 359 g/mol. The number of rotatable bonds is 12. The predicted molar refractivity (Wildman–Crippen MR) is 83.2 cm³/mol. The van der Waals surface area contributed by atoms with Crippen LogP contribution in [-0.4, -0.2) is 68.6 Å². The number of hydrogen-bond acceptors (Lipinski definition) is 9. The van der Waals surface area contributed by atoms with Crippen LogP contribution in [0.25, 0.3) is 0 Å². The van der Waals surface area contributed by atoms with Crippen LogP contribution in [0.3, 0.4) is 0 Å². The number of nitrogens with one attached hydrogen (secondary N) is 1. The quantitative estimate of drug-likeness (QED) is 0.141. The molecule has 0 aromatic heterocycles. The first-order chi connectivity index (χ1) is 9.75. The van der Waals surface area contributed by atoms with Gasteiger partial charge in [-0.15, -0.1) is 0 Å². The van der Waals surface area contributed by atoms with Crippen molar-refractivity contribution in [3.63, 3.8) is 0 Å². The molecule has 9 nitrogen and oxygen atoms in total. The molecule has 0 aliphatic heterocycles. The summed E-state index contributed by atoms with van der Waals surface area (Å²) in [5, 5.41) is 26.1. The van der Waals surface area contributed by atoms with E-state index in [1.807, 2.05) is 0 Å². The third-order valence-corrected chi connectivity index (χ3v) is 5.41. The molecular weight excluding hydrogens is 342 g/mol. The Balaban J connectivity index is 3.95. The molecule has 12 heteroatoms. The molecule has 0 saturated heterocycles. The first-order valence-electron chi connectivity index (χ1n) is 5.57. The summed E-state index contributed by atoms with van der Waals surface area (Å²) in [5.41, 5.74) is 10.6. The highest BCUT2D eigenvalue weighted by Crippen LogP contribution is 2.23. The van der Waals surface area contributed by atoms with Gasteiger partial charge < -0.3 is 26.8 Å². The fourth-order valence-electron chi connectivity index (χ4n) is 0.774. The number of carbonyl (C=O) groups is 3. The number of carboxylic acids is 3. The summed E-state index contributed by atoms with van der Waals surface area (Å²) in [5.74, 6) is -3.02. The van der Waals surface area contributed by atoms with Gasteiger partial charge in [0.05, 0.1) is 0 Å². The van der Waals surface area contributed by atoms with Crippen LogP contribution in [0.2, 0.25) is 0 Å². The van der Waals surface area contributed by atoms with Gasteiger partial charge in [0.2, 0.25) is 0 Å². The van der Waals surface area contributed by atoms with Crippen molar-refractivity contribution in [1.29, 1.82) is 0 Å². The number of hydrogen-bond donors (Lipinski definition) is 6. The van der Waals surface area contributed by atoms with E-state index < -0.39 is 36.0 Å². The number of aliphatic carboxylic acids is 3. The maximum Gasteiger partial charge on any atom is 0.322 e. The van der Waals surface area contributed by atoms with Crippen molar-refractivity contribution in [2.24, 2.45) is 11.5 Å². The molecule has 3 atom stereocenters. The van der Waals surface area contributed by atoms with E-state index >= 15 is 0 Å². The van der Waals surface area contributed by atoms with Crippen molar-refractivity contribution in [3.8, 4) is 0 Å². The lowest BCUT2D eigenvalue weighted by Gasteiger charge is -2.14. The zero-order valence-electron chi connectivity index (χ0n) is 10.8. The molecule has 0 aliphatic carbocycles. The van der Waals surface area contributed by atoms with Gasteiger partial charge in [-0.05, 0) is 0 Å². The Hall–Kier alpha value is -0.660. The first-order valence-corrected chi connectivity index (χ1v) is 9.04. The van der Waals surface area contributed by atoms with Gasteiger partial charge >= 0.3 is 17.9 Å². The summed E-state index contributed by atoms with van der Waals surface area (Å²) in [7, 11) is 2.33. The zero-order chi connectivity index (χ0) is 16.4. The van der Waals surface area contributed by atoms with Gasteiger partial charge in [0, 0.05) is 17.3 Å². The maximum atomic E-state index is 11.0. The molecular formula is C9H17N3O6S3. The summed E-state index contributed by atoms with van der Waals surface area (Å²) in [4.78, 5) is 31.9. The van der Waals surface area contributed by atoms with E-state index in [2.05, 4.69) is 4.72 Å². The summed E-state index contributed by atoms with van der Waals surface area (Å²) < 4.78 is 2.61. The Morgan fingerprint density at radius 2 is 1.33 bits per heavy atom. The van der Waals surface area contributed by atoms with Crippen molar-refractivity contribution < 1.29 is 29.7 Å². The minimum atomic E-state index is -1.16. The Morgan fingerprint density at radius 3 is 1.81 bits per heavy atom. The van der Waals surface area contributed by atoms with E-state index in [9.17, 15) is 14.4 Å². The van der Waals surface area contributed by atoms with Crippen molar-refractivity contribution >= 4 is 51.4 Å². The van der Waals surface area contributed by atoms with Gasteiger partial charge in [-0.3, -0.25) is 14.4 Å². The molecule has 0 heterocycles. The Kier molecular flexibility index (Phi) is 10.6. The molecule has 0 bridgehead atoms. The van der Waals surface area contributed by atoms with Gasteiger partial charge in [-0.2, -0.15) is 0 Å². The standard InChI is InChI=1S/C9H17N3O6S3/c10-4(7(13)14)1-19-12-6(9(17)18)3-21-20-2-5(11)8(15)16/h4-6,12H,1-3,10-11H2,(H,13,14)(H,15,16)(H,17,18)/t4-,5?,6+/m0/s1. The lowest BCUT2D eigenvalue weighted by atomic mass is 10.4.